The van der Waals surface area contributed by atoms with Crippen LogP contribution in [-0.4, -0.2) is 34.8 Å². The fourth-order valence-corrected chi connectivity index (χ4v) is 2.41. The van der Waals surface area contributed by atoms with Crippen LogP contribution in [0.3, 0.4) is 0 Å². The Morgan fingerprint density at radius 3 is 2.72 bits per heavy atom. The van der Waals surface area contributed by atoms with E-state index >= 15 is 0 Å². The minimum atomic E-state index is 0.241. The van der Waals surface area contributed by atoms with Gasteiger partial charge in [-0.25, -0.2) is 9.97 Å². The van der Waals surface area contributed by atoms with Crippen molar-refractivity contribution in [2.45, 2.75) is 33.1 Å². The zero-order valence-electron chi connectivity index (χ0n) is 11.1. The predicted octanol–water partition coefficient (Wildman–Crippen LogP) is 2.38. The molecule has 1 aromatic heterocycles. The average Bonchev–Trinajstić information content (AvgIpc) is 2.80. The number of aliphatic hydroxyl groups is 1. The van der Waals surface area contributed by atoms with Gasteiger partial charge in [-0.2, -0.15) is 0 Å². The molecule has 1 aromatic rings. The predicted molar refractivity (Wildman–Crippen MR) is 73.3 cm³/mol. The zero-order chi connectivity index (χ0) is 13.3. The maximum Gasteiger partial charge on any atom is 0.137 e. The smallest absolute Gasteiger partial charge is 0.137 e. The molecule has 1 aliphatic heterocycles. The molecule has 1 aliphatic rings. The third-order valence-electron chi connectivity index (χ3n) is 3.44. The maximum atomic E-state index is 9.21. The Balaban J connectivity index is 2.32. The fourth-order valence-electron chi connectivity index (χ4n) is 2.23. The van der Waals surface area contributed by atoms with E-state index in [9.17, 15) is 5.11 Å². The summed E-state index contributed by atoms with van der Waals surface area (Å²) in [5.74, 6) is 2.32. The highest BCUT2D eigenvalue weighted by molar-refractivity contribution is 6.30. The van der Waals surface area contributed by atoms with Crippen LogP contribution in [0.4, 0.5) is 5.82 Å². The molecule has 1 saturated heterocycles. The van der Waals surface area contributed by atoms with E-state index in [1.807, 2.05) is 6.92 Å². The molecule has 0 bridgehead atoms. The molecule has 0 saturated carbocycles. The number of hydrogen-bond donors (Lipinski definition) is 1. The highest BCUT2D eigenvalue weighted by Gasteiger charge is 2.25. The monoisotopic (exact) mass is 269 g/mol. The van der Waals surface area contributed by atoms with E-state index in [1.165, 1.54) is 0 Å². The topological polar surface area (TPSA) is 49.2 Å². The Bertz CT molecular complexity index is 436. The van der Waals surface area contributed by atoms with Crippen molar-refractivity contribution < 1.29 is 5.11 Å². The lowest BCUT2D eigenvalue weighted by Gasteiger charge is -2.21. The zero-order valence-corrected chi connectivity index (χ0v) is 11.9. The van der Waals surface area contributed by atoms with Crippen LogP contribution in [0.2, 0.25) is 5.15 Å². The number of hydrogen-bond acceptors (Lipinski definition) is 4. The molecule has 0 spiro atoms. The highest BCUT2D eigenvalue weighted by Crippen LogP contribution is 2.29. The summed E-state index contributed by atoms with van der Waals surface area (Å²) in [5, 5.41) is 9.75. The second kappa shape index (κ2) is 5.41. The summed E-state index contributed by atoms with van der Waals surface area (Å²) in [5.41, 5.74) is 0.930. The molecule has 0 aromatic carbocycles. The molecule has 2 rings (SSSR count). The Morgan fingerprint density at radius 1 is 1.44 bits per heavy atom. The van der Waals surface area contributed by atoms with Crippen LogP contribution in [0.25, 0.3) is 0 Å². The second-order valence-corrected chi connectivity index (χ2v) is 5.62. The lowest BCUT2D eigenvalue weighted by Crippen LogP contribution is -2.23. The molecule has 0 radical (unpaired) electrons. The summed E-state index contributed by atoms with van der Waals surface area (Å²) in [6.07, 6.45) is 1.01. The lowest BCUT2D eigenvalue weighted by atomic mass is 10.1. The van der Waals surface area contributed by atoms with Crippen molar-refractivity contribution in [3.05, 3.63) is 16.5 Å². The van der Waals surface area contributed by atoms with Crippen molar-refractivity contribution in [2.24, 2.45) is 5.92 Å². The number of anilines is 1. The standard InChI is InChI=1S/C13H20ClN3O/c1-8(2)12-15-11(14)9(3)13(16-12)17-5-4-10(6-17)7-18/h8,10,18H,4-7H2,1-3H3. The minimum Gasteiger partial charge on any atom is -0.396 e. The first-order valence-electron chi connectivity index (χ1n) is 6.42. The number of halogens is 1. The van der Waals surface area contributed by atoms with Crippen molar-refractivity contribution in [2.75, 3.05) is 24.6 Å². The van der Waals surface area contributed by atoms with Gasteiger partial charge in [-0.15, -0.1) is 0 Å². The molecule has 0 aliphatic carbocycles. The van der Waals surface area contributed by atoms with Gasteiger partial charge >= 0.3 is 0 Å². The minimum absolute atomic E-state index is 0.241. The van der Waals surface area contributed by atoms with Gasteiger partial charge in [-0.1, -0.05) is 25.4 Å². The molecule has 5 heteroatoms. The summed E-state index contributed by atoms with van der Waals surface area (Å²) in [6.45, 7) is 8.09. The highest BCUT2D eigenvalue weighted by atomic mass is 35.5. The van der Waals surface area contributed by atoms with Crippen LogP contribution in [-0.2, 0) is 0 Å². The van der Waals surface area contributed by atoms with Gasteiger partial charge in [0.05, 0.1) is 0 Å². The number of aliphatic hydroxyl groups excluding tert-OH is 1. The Labute approximate surface area is 113 Å². The molecule has 18 heavy (non-hydrogen) atoms. The molecule has 1 atom stereocenters. The first kappa shape index (κ1) is 13.6. The Kier molecular flexibility index (Phi) is 4.07. The summed E-state index contributed by atoms with van der Waals surface area (Å²) in [4.78, 5) is 11.2. The lowest BCUT2D eigenvalue weighted by molar-refractivity contribution is 0.238. The Morgan fingerprint density at radius 2 is 2.17 bits per heavy atom. The van der Waals surface area contributed by atoms with Crippen molar-refractivity contribution in [3.63, 3.8) is 0 Å². The molecule has 100 valence electrons. The van der Waals surface area contributed by atoms with E-state index < -0.39 is 0 Å². The van der Waals surface area contributed by atoms with Gasteiger partial charge in [0.25, 0.3) is 0 Å². The van der Waals surface area contributed by atoms with Crippen molar-refractivity contribution in [1.29, 1.82) is 0 Å². The summed E-state index contributed by atoms with van der Waals surface area (Å²) < 4.78 is 0. The van der Waals surface area contributed by atoms with Crippen LogP contribution >= 0.6 is 11.6 Å². The van der Waals surface area contributed by atoms with Crippen LogP contribution in [0.5, 0.6) is 0 Å². The van der Waals surface area contributed by atoms with E-state index in [0.717, 1.165) is 36.7 Å². The largest absolute Gasteiger partial charge is 0.396 e. The third-order valence-corrected chi connectivity index (χ3v) is 3.81. The van der Waals surface area contributed by atoms with Crippen LogP contribution in [0, 0.1) is 12.8 Å². The van der Waals surface area contributed by atoms with Crippen molar-refractivity contribution in [3.8, 4) is 0 Å². The maximum absolute atomic E-state index is 9.21. The van der Waals surface area contributed by atoms with Gasteiger partial charge in [0.1, 0.15) is 16.8 Å². The van der Waals surface area contributed by atoms with Gasteiger partial charge < -0.3 is 10.0 Å². The first-order chi connectivity index (χ1) is 8.52. The normalized spacial score (nSPS) is 19.9. The van der Waals surface area contributed by atoms with Crippen LogP contribution < -0.4 is 4.90 Å². The summed E-state index contributed by atoms with van der Waals surface area (Å²) in [6, 6.07) is 0. The van der Waals surface area contributed by atoms with Gasteiger partial charge in [0.2, 0.25) is 0 Å². The number of nitrogens with zero attached hydrogens (tertiary/aromatic N) is 3. The van der Waals surface area contributed by atoms with Gasteiger partial charge in [-0.05, 0) is 13.3 Å². The number of aromatic nitrogens is 2. The van der Waals surface area contributed by atoms with Gasteiger partial charge in [-0.3, -0.25) is 0 Å². The summed E-state index contributed by atoms with van der Waals surface area (Å²) in [7, 11) is 0. The molecular weight excluding hydrogens is 250 g/mol. The summed E-state index contributed by atoms with van der Waals surface area (Å²) >= 11 is 6.18. The Hall–Kier alpha value is -0.870. The van der Waals surface area contributed by atoms with Gasteiger partial charge in [0.15, 0.2) is 0 Å². The molecule has 1 fully saturated rings. The third kappa shape index (κ3) is 2.59. The molecule has 2 heterocycles. The molecule has 1 N–H and O–H groups in total. The average molecular weight is 270 g/mol. The van der Waals surface area contributed by atoms with Crippen molar-refractivity contribution in [1.82, 2.24) is 9.97 Å². The number of rotatable bonds is 3. The fraction of sp³-hybridized carbons (Fsp3) is 0.692. The molecule has 4 nitrogen and oxygen atoms in total. The first-order valence-corrected chi connectivity index (χ1v) is 6.80. The van der Waals surface area contributed by atoms with Gasteiger partial charge in [0, 0.05) is 37.1 Å². The SMILES string of the molecule is Cc1c(Cl)nc(C(C)C)nc1N1CCC(CO)C1. The van der Waals surface area contributed by atoms with Crippen molar-refractivity contribution >= 4 is 17.4 Å². The van der Waals surface area contributed by atoms with E-state index in [0.29, 0.717) is 11.1 Å². The second-order valence-electron chi connectivity index (χ2n) is 5.26. The van der Waals surface area contributed by atoms with Crippen LogP contribution in [0.15, 0.2) is 0 Å². The van der Waals surface area contributed by atoms with E-state index in [4.69, 9.17) is 11.6 Å². The quantitative estimate of drug-likeness (QED) is 0.856. The molecule has 1 unspecified atom stereocenters. The van der Waals surface area contributed by atoms with E-state index in [-0.39, 0.29) is 12.5 Å². The van der Waals surface area contributed by atoms with E-state index in [1.54, 1.807) is 0 Å². The molecule has 0 amide bonds. The van der Waals surface area contributed by atoms with Crippen LogP contribution in [0.1, 0.15) is 37.6 Å². The molecular formula is C13H20ClN3O. The van der Waals surface area contributed by atoms with E-state index in [2.05, 4.69) is 28.7 Å².